The Morgan fingerprint density at radius 1 is 1.29 bits per heavy atom. The van der Waals surface area contributed by atoms with Gasteiger partial charge in [-0.1, -0.05) is 18.2 Å². The minimum Gasteiger partial charge on any atom is -0.483 e. The number of benzene rings is 2. The highest BCUT2D eigenvalue weighted by Gasteiger charge is 2.15. The molecule has 1 unspecified atom stereocenters. The lowest BCUT2D eigenvalue weighted by molar-refractivity contribution is -0.123. The average Bonchev–Trinajstić information content (AvgIpc) is 2.98. The van der Waals surface area contributed by atoms with Gasteiger partial charge in [0.05, 0.1) is 10.5 Å². The Morgan fingerprint density at radius 2 is 2.08 bits per heavy atom. The quantitative estimate of drug-likeness (QED) is 0.691. The molecule has 24 heavy (non-hydrogen) atoms. The SMILES string of the molecule is CC(NC(=O)COc1ccc(F)cc1Br)c1cc2ccccc2o1. The number of para-hydroxylation sites is 1. The fourth-order valence-corrected chi connectivity index (χ4v) is 2.77. The third kappa shape index (κ3) is 3.76. The summed E-state index contributed by atoms with van der Waals surface area (Å²) in [5, 5.41) is 3.80. The maximum Gasteiger partial charge on any atom is 0.258 e. The van der Waals surface area contributed by atoms with Crippen molar-refractivity contribution in [3.8, 4) is 5.75 Å². The predicted octanol–water partition coefficient (Wildman–Crippen LogP) is 4.59. The van der Waals surface area contributed by atoms with Gasteiger partial charge in [-0.2, -0.15) is 0 Å². The lowest BCUT2D eigenvalue weighted by Gasteiger charge is -2.12. The summed E-state index contributed by atoms with van der Waals surface area (Å²) in [6.45, 7) is 1.66. The first-order chi connectivity index (χ1) is 11.5. The Kier molecular flexibility index (Phi) is 4.85. The van der Waals surface area contributed by atoms with Crippen molar-refractivity contribution < 1.29 is 18.3 Å². The minimum atomic E-state index is -0.378. The number of rotatable bonds is 5. The van der Waals surface area contributed by atoms with Crippen molar-refractivity contribution in [2.75, 3.05) is 6.61 Å². The predicted molar refractivity (Wildman–Crippen MR) is 92.4 cm³/mol. The van der Waals surface area contributed by atoms with Crippen molar-refractivity contribution in [1.29, 1.82) is 0 Å². The van der Waals surface area contributed by atoms with Gasteiger partial charge in [0.2, 0.25) is 0 Å². The number of halogens is 2. The Morgan fingerprint density at radius 3 is 2.83 bits per heavy atom. The Balaban J connectivity index is 1.59. The molecule has 2 aromatic carbocycles. The van der Waals surface area contributed by atoms with Crippen molar-refractivity contribution in [1.82, 2.24) is 5.32 Å². The molecule has 4 nitrogen and oxygen atoms in total. The van der Waals surface area contributed by atoms with E-state index in [1.165, 1.54) is 18.2 Å². The average molecular weight is 392 g/mol. The first-order valence-corrected chi connectivity index (χ1v) is 8.18. The van der Waals surface area contributed by atoms with Crippen LogP contribution in [0.5, 0.6) is 5.75 Å². The Hall–Kier alpha value is -2.34. The molecule has 0 aliphatic heterocycles. The molecule has 6 heteroatoms. The van der Waals surface area contributed by atoms with E-state index in [0.29, 0.717) is 16.0 Å². The number of nitrogens with one attached hydrogen (secondary N) is 1. The van der Waals surface area contributed by atoms with E-state index in [0.717, 1.165) is 11.0 Å². The van der Waals surface area contributed by atoms with Crippen molar-refractivity contribution in [3.63, 3.8) is 0 Å². The lowest BCUT2D eigenvalue weighted by Crippen LogP contribution is -2.31. The minimum absolute atomic E-state index is 0.172. The largest absolute Gasteiger partial charge is 0.483 e. The lowest BCUT2D eigenvalue weighted by atomic mass is 10.2. The van der Waals surface area contributed by atoms with Gasteiger partial charge in [0.15, 0.2) is 6.61 Å². The summed E-state index contributed by atoms with van der Waals surface area (Å²) in [4.78, 5) is 12.0. The summed E-state index contributed by atoms with van der Waals surface area (Å²) >= 11 is 3.19. The smallest absolute Gasteiger partial charge is 0.258 e. The zero-order chi connectivity index (χ0) is 17.1. The first-order valence-electron chi connectivity index (χ1n) is 7.38. The first kappa shape index (κ1) is 16.5. The monoisotopic (exact) mass is 391 g/mol. The van der Waals surface area contributed by atoms with Gasteiger partial charge in [-0.3, -0.25) is 4.79 Å². The molecule has 1 N–H and O–H groups in total. The summed E-state index contributed by atoms with van der Waals surface area (Å²) in [6, 6.07) is 13.3. The summed E-state index contributed by atoms with van der Waals surface area (Å²) in [5.41, 5.74) is 0.778. The van der Waals surface area contributed by atoms with Crippen LogP contribution in [0.2, 0.25) is 0 Å². The molecule has 0 aliphatic rings. The molecule has 0 saturated heterocycles. The van der Waals surface area contributed by atoms with Crippen LogP contribution in [0, 0.1) is 5.82 Å². The molecule has 0 fully saturated rings. The third-order valence-electron chi connectivity index (χ3n) is 3.50. The van der Waals surface area contributed by atoms with Gasteiger partial charge in [0.1, 0.15) is 22.9 Å². The number of hydrogen-bond donors (Lipinski definition) is 1. The Labute approximate surface area is 146 Å². The number of carbonyl (C=O) groups is 1. The molecule has 1 atom stereocenters. The second-order valence-corrected chi connectivity index (χ2v) is 6.19. The van der Waals surface area contributed by atoms with Gasteiger partial charge < -0.3 is 14.5 Å². The van der Waals surface area contributed by atoms with E-state index in [9.17, 15) is 9.18 Å². The van der Waals surface area contributed by atoms with E-state index in [1.807, 2.05) is 37.3 Å². The summed E-state index contributed by atoms with van der Waals surface area (Å²) in [5.74, 6) is 0.409. The number of ether oxygens (including phenoxy) is 1. The van der Waals surface area contributed by atoms with Gasteiger partial charge in [-0.25, -0.2) is 4.39 Å². The van der Waals surface area contributed by atoms with Crippen LogP contribution in [0.4, 0.5) is 4.39 Å². The van der Waals surface area contributed by atoms with Crippen LogP contribution >= 0.6 is 15.9 Å². The fraction of sp³-hybridized carbons (Fsp3) is 0.167. The van der Waals surface area contributed by atoms with Crippen molar-refractivity contribution in [2.45, 2.75) is 13.0 Å². The molecule has 0 radical (unpaired) electrons. The van der Waals surface area contributed by atoms with E-state index in [1.54, 1.807) is 0 Å². The number of furan rings is 1. The Bertz CT molecular complexity index is 845. The second-order valence-electron chi connectivity index (χ2n) is 5.34. The van der Waals surface area contributed by atoms with Crippen LogP contribution in [-0.2, 0) is 4.79 Å². The van der Waals surface area contributed by atoms with E-state index >= 15 is 0 Å². The molecule has 0 spiro atoms. The van der Waals surface area contributed by atoms with Crippen LogP contribution in [0.15, 0.2) is 57.4 Å². The summed E-state index contributed by atoms with van der Waals surface area (Å²) in [7, 11) is 0. The van der Waals surface area contributed by atoms with Gasteiger partial charge in [-0.05, 0) is 53.2 Å². The van der Waals surface area contributed by atoms with Crippen LogP contribution in [-0.4, -0.2) is 12.5 Å². The molecule has 0 aliphatic carbocycles. The summed E-state index contributed by atoms with van der Waals surface area (Å²) in [6.07, 6.45) is 0. The van der Waals surface area contributed by atoms with Crippen molar-refractivity contribution in [2.24, 2.45) is 0 Å². The fourth-order valence-electron chi connectivity index (χ4n) is 2.31. The maximum atomic E-state index is 13.0. The van der Waals surface area contributed by atoms with Crippen molar-refractivity contribution in [3.05, 3.63) is 64.6 Å². The number of carbonyl (C=O) groups excluding carboxylic acids is 1. The molecule has 3 rings (SSSR count). The van der Waals surface area contributed by atoms with E-state index in [-0.39, 0.29) is 24.4 Å². The van der Waals surface area contributed by atoms with Gasteiger partial charge >= 0.3 is 0 Å². The molecule has 0 saturated carbocycles. The van der Waals surface area contributed by atoms with Gasteiger partial charge in [0.25, 0.3) is 5.91 Å². The molecule has 1 amide bonds. The maximum absolute atomic E-state index is 13.0. The molecule has 1 heterocycles. The number of amides is 1. The summed E-state index contributed by atoms with van der Waals surface area (Å²) < 4.78 is 24.6. The highest BCUT2D eigenvalue weighted by atomic mass is 79.9. The molecular formula is C18H15BrFNO3. The molecule has 3 aromatic rings. The zero-order valence-corrected chi connectivity index (χ0v) is 14.5. The highest BCUT2D eigenvalue weighted by molar-refractivity contribution is 9.10. The van der Waals surface area contributed by atoms with Crippen LogP contribution in [0.25, 0.3) is 11.0 Å². The van der Waals surface area contributed by atoms with E-state index in [2.05, 4.69) is 21.2 Å². The number of fused-ring (bicyclic) bond motifs is 1. The van der Waals surface area contributed by atoms with Crippen molar-refractivity contribution >= 4 is 32.8 Å². The zero-order valence-electron chi connectivity index (χ0n) is 12.9. The molecule has 1 aromatic heterocycles. The molecule has 0 bridgehead atoms. The van der Waals surface area contributed by atoms with Gasteiger partial charge in [0, 0.05) is 5.39 Å². The topological polar surface area (TPSA) is 51.5 Å². The van der Waals surface area contributed by atoms with Crippen LogP contribution < -0.4 is 10.1 Å². The molecular weight excluding hydrogens is 377 g/mol. The standard InChI is InChI=1S/C18H15BrFNO3/c1-11(17-8-12-4-2-3-5-15(12)24-17)21-18(22)10-23-16-7-6-13(20)9-14(16)19/h2-9,11H,10H2,1H3,(H,21,22). The third-order valence-corrected chi connectivity index (χ3v) is 4.12. The van der Waals surface area contributed by atoms with Crippen LogP contribution in [0.3, 0.4) is 0 Å². The van der Waals surface area contributed by atoms with E-state index in [4.69, 9.17) is 9.15 Å². The normalized spacial score (nSPS) is 12.1. The van der Waals surface area contributed by atoms with Gasteiger partial charge in [-0.15, -0.1) is 0 Å². The van der Waals surface area contributed by atoms with E-state index < -0.39 is 0 Å². The second kappa shape index (κ2) is 7.05. The molecule has 124 valence electrons. The highest BCUT2D eigenvalue weighted by Crippen LogP contribution is 2.26. The van der Waals surface area contributed by atoms with Crippen LogP contribution in [0.1, 0.15) is 18.7 Å². The number of hydrogen-bond acceptors (Lipinski definition) is 3.